The molecule has 1 aromatic carbocycles. The summed E-state index contributed by atoms with van der Waals surface area (Å²) < 4.78 is 10.5. The lowest BCUT2D eigenvalue weighted by Crippen LogP contribution is -2.38. The van der Waals surface area contributed by atoms with E-state index in [0.29, 0.717) is 11.3 Å². The van der Waals surface area contributed by atoms with Gasteiger partial charge in [0.1, 0.15) is 0 Å². The zero-order chi connectivity index (χ0) is 16.4. The number of carbonyl (C=O) groups is 3. The van der Waals surface area contributed by atoms with Crippen molar-refractivity contribution in [3.8, 4) is 0 Å². The summed E-state index contributed by atoms with van der Waals surface area (Å²) >= 11 is 0. The smallest absolute Gasteiger partial charge is 0.337 e. The SMILES string of the molecule is COC(=O)c1cccc(N2C(=O)[C@@H]3[C@H]4C=C[C@](C)(O4)[C@H]3C2=O)c1. The quantitative estimate of drug-likeness (QED) is 0.467. The number of hydrogen-bond donors (Lipinski definition) is 0. The Balaban J connectivity index is 1.73. The standard InChI is InChI=1S/C17H15NO5/c1-17-7-6-11(23-17)12-13(17)15(20)18(14(12)19)10-5-3-4-9(8-10)16(21)22-2/h3-8,11-13H,1-2H3/t11-,12-,13-,17+/m1/s1. The second-order valence-corrected chi connectivity index (χ2v) is 6.18. The van der Waals surface area contributed by atoms with Gasteiger partial charge in [-0.25, -0.2) is 9.69 Å². The van der Waals surface area contributed by atoms with E-state index in [2.05, 4.69) is 4.74 Å². The Labute approximate surface area is 132 Å². The van der Waals surface area contributed by atoms with Crippen LogP contribution in [0.4, 0.5) is 5.69 Å². The topological polar surface area (TPSA) is 72.9 Å². The Kier molecular flexibility index (Phi) is 2.78. The Hall–Kier alpha value is -2.47. The van der Waals surface area contributed by atoms with Gasteiger partial charge in [-0.15, -0.1) is 0 Å². The molecule has 0 N–H and O–H groups in total. The Morgan fingerprint density at radius 3 is 2.78 bits per heavy atom. The van der Waals surface area contributed by atoms with E-state index in [1.165, 1.54) is 18.1 Å². The highest BCUT2D eigenvalue weighted by Crippen LogP contribution is 2.52. The number of amides is 2. The van der Waals surface area contributed by atoms with Gasteiger partial charge in [0.05, 0.1) is 41.9 Å². The van der Waals surface area contributed by atoms with Crippen molar-refractivity contribution >= 4 is 23.5 Å². The molecule has 4 atom stereocenters. The maximum Gasteiger partial charge on any atom is 0.337 e. The van der Waals surface area contributed by atoms with Gasteiger partial charge in [0.2, 0.25) is 11.8 Å². The maximum atomic E-state index is 12.8. The van der Waals surface area contributed by atoms with Crippen LogP contribution in [0.25, 0.3) is 0 Å². The lowest BCUT2D eigenvalue weighted by Gasteiger charge is -2.24. The number of methoxy groups -OCH3 is 1. The summed E-state index contributed by atoms with van der Waals surface area (Å²) in [5, 5.41) is 0. The number of ether oxygens (including phenoxy) is 2. The summed E-state index contributed by atoms with van der Waals surface area (Å²) in [6.07, 6.45) is 3.36. The average molecular weight is 313 g/mol. The van der Waals surface area contributed by atoms with Gasteiger partial charge >= 0.3 is 5.97 Å². The highest BCUT2D eigenvalue weighted by atomic mass is 16.5. The summed E-state index contributed by atoms with van der Waals surface area (Å²) in [6, 6.07) is 6.35. The molecular formula is C17H15NO5. The van der Waals surface area contributed by atoms with Crippen LogP contribution >= 0.6 is 0 Å². The third kappa shape index (κ3) is 1.75. The van der Waals surface area contributed by atoms with Gasteiger partial charge in [-0.3, -0.25) is 9.59 Å². The molecule has 0 saturated carbocycles. The molecular weight excluding hydrogens is 298 g/mol. The van der Waals surface area contributed by atoms with Crippen LogP contribution in [0, 0.1) is 11.8 Å². The van der Waals surface area contributed by atoms with Crippen LogP contribution < -0.4 is 4.90 Å². The number of imide groups is 1. The molecule has 4 rings (SSSR count). The highest BCUT2D eigenvalue weighted by Gasteiger charge is 2.66. The van der Waals surface area contributed by atoms with Crippen molar-refractivity contribution in [2.75, 3.05) is 12.0 Å². The molecule has 0 aliphatic carbocycles. The van der Waals surface area contributed by atoms with E-state index >= 15 is 0 Å². The van der Waals surface area contributed by atoms with E-state index in [9.17, 15) is 14.4 Å². The highest BCUT2D eigenvalue weighted by molar-refractivity contribution is 6.23. The fourth-order valence-corrected chi connectivity index (χ4v) is 3.80. The van der Waals surface area contributed by atoms with E-state index < -0.39 is 23.4 Å². The number of nitrogens with zero attached hydrogens (tertiary/aromatic N) is 1. The molecule has 3 aliphatic heterocycles. The van der Waals surface area contributed by atoms with E-state index in [1.807, 2.05) is 19.1 Å². The van der Waals surface area contributed by atoms with Gasteiger partial charge in [-0.1, -0.05) is 18.2 Å². The number of benzene rings is 1. The molecule has 1 aromatic rings. The molecule has 0 aromatic heterocycles. The van der Waals surface area contributed by atoms with E-state index in [-0.39, 0.29) is 17.9 Å². The summed E-state index contributed by atoms with van der Waals surface area (Å²) in [7, 11) is 1.28. The molecule has 6 nitrogen and oxygen atoms in total. The van der Waals surface area contributed by atoms with Crippen molar-refractivity contribution in [1.82, 2.24) is 0 Å². The van der Waals surface area contributed by atoms with Gasteiger partial charge in [0.15, 0.2) is 0 Å². The molecule has 0 radical (unpaired) electrons. The molecule has 2 bridgehead atoms. The number of anilines is 1. The number of rotatable bonds is 2. The van der Waals surface area contributed by atoms with Crippen molar-refractivity contribution in [3.63, 3.8) is 0 Å². The average Bonchev–Trinajstić information content (AvgIpc) is 3.15. The third-order valence-electron chi connectivity index (χ3n) is 4.85. The van der Waals surface area contributed by atoms with Gasteiger partial charge in [-0.05, 0) is 25.1 Å². The molecule has 2 fully saturated rings. The predicted molar refractivity (Wildman–Crippen MR) is 79.7 cm³/mol. The minimum absolute atomic E-state index is 0.278. The number of esters is 1. The largest absolute Gasteiger partial charge is 0.465 e. The summed E-state index contributed by atoms with van der Waals surface area (Å²) in [4.78, 5) is 38.4. The van der Waals surface area contributed by atoms with Gasteiger partial charge < -0.3 is 9.47 Å². The molecule has 3 aliphatic rings. The summed E-state index contributed by atoms with van der Waals surface area (Å²) in [5.74, 6) is -2.06. The normalized spacial score (nSPS) is 34.2. The summed E-state index contributed by atoms with van der Waals surface area (Å²) in [5.41, 5.74) is -0.0388. The minimum Gasteiger partial charge on any atom is -0.465 e. The number of hydrogen-bond acceptors (Lipinski definition) is 5. The van der Waals surface area contributed by atoms with Crippen molar-refractivity contribution < 1.29 is 23.9 Å². The van der Waals surface area contributed by atoms with Crippen LogP contribution in [0.5, 0.6) is 0 Å². The Morgan fingerprint density at radius 1 is 1.30 bits per heavy atom. The molecule has 0 spiro atoms. The van der Waals surface area contributed by atoms with E-state index in [0.717, 1.165) is 0 Å². The van der Waals surface area contributed by atoms with E-state index in [4.69, 9.17) is 4.74 Å². The molecule has 0 unspecified atom stereocenters. The molecule has 2 saturated heterocycles. The van der Waals surface area contributed by atoms with Crippen LogP contribution in [0.2, 0.25) is 0 Å². The lowest BCUT2D eigenvalue weighted by atomic mass is 9.78. The first-order valence-electron chi connectivity index (χ1n) is 7.39. The molecule has 2 amide bonds. The number of carbonyl (C=O) groups excluding carboxylic acids is 3. The van der Waals surface area contributed by atoms with Crippen molar-refractivity contribution in [2.45, 2.75) is 18.6 Å². The molecule has 23 heavy (non-hydrogen) atoms. The van der Waals surface area contributed by atoms with Crippen LogP contribution in [0.15, 0.2) is 36.4 Å². The van der Waals surface area contributed by atoms with Gasteiger partial charge in [0.25, 0.3) is 0 Å². The third-order valence-corrected chi connectivity index (χ3v) is 4.85. The Morgan fingerprint density at radius 2 is 2.09 bits per heavy atom. The summed E-state index contributed by atoms with van der Waals surface area (Å²) in [6.45, 7) is 1.83. The van der Waals surface area contributed by atoms with Crippen molar-refractivity contribution in [2.24, 2.45) is 11.8 Å². The molecule has 118 valence electrons. The lowest BCUT2D eigenvalue weighted by molar-refractivity contribution is -0.126. The van der Waals surface area contributed by atoms with E-state index in [1.54, 1.807) is 18.2 Å². The zero-order valence-electron chi connectivity index (χ0n) is 12.7. The predicted octanol–water partition coefficient (Wildman–Crippen LogP) is 1.31. The van der Waals surface area contributed by atoms with Crippen LogP contribution in [0.3, 0.4) is 0 Å². The van der Waals surface area contributed by atoms with Crippen LogP contribution in [-0.2, 0) is 19.1 Å². The molecule has 6 heteroatoms. The number of fused-ring (bicyclic) bond motifs is 5. The maximum absolute atomic E-state index is 12.8. The second kappa shape index (κ2) is 4.52. The van der Waals surface area contributed by atoms with Gasteiger partial charge in [-0.2, -0.15) is 0 Å². The van der Waals surface area contributed by atoms with Gasteiger partial charge in [0, 0.05) is 0 Å². The van der Waals surface area contributed by atoms with Crippen molar-refractivity contribution in [3.05, 3.63) is 42.0 Å². The van der Waals surface area contributed by atoms with Crippen LogP contribution in [0.1, 0.15) is 17.3 Å². The minimum atomic E-state index is -0.725. The first kappa shape index (κ1) is 14.1. The first-order valence-corrected chi connectivity index (χ1v) is 7.39. The fourth-order valence-electron chi connectivity index (χ4n) is 3.80. The van der Waals surface area contributed by atoms with Crippen LogP contribution in [-0.4, -0.2) is 36.6 Å². The first-order chi connectivity index (χ1) is 11.0. The second-order valence-electron chi connectivity index (χ2n) is 6.18. The zero-order valence-corrected chi connectivity index (χ0v) is 12.7. The molecule has 3 heterocycles. The fraction of sp³-hybridized carbons (Fsp3) is 0.353. The monoisotopic (exact) mass is 313 g/mol. The Bertz CT molecular complexity index is 770. The van der Waals surface area contributed by atoms with Crippen molar-refractivity contribution in [1.29, 1.82) is 0 Å².